The highest BCUT2D eigenvalue weighted by Crippen LogP contribution is 2.40. The summed E-state index contributed by atoms with van der Waals surface area (Å²) in [5.41, 5.74) is 0.620. The van der Waals surface area contributed by atoms with Gasteiger partial charge in [-0.2, -0.15) is 0 Å². The van der Waals surface area contributed by atoms with Crippen LogP contribution in [0.15, 0.2) is 18.2 Å². The summed E-state index contributed by atoms with van der Waals surface area (Å²) in [7, 11) is 0. The van der Waals surface area contributed by atoms with Crippen molar-refractivity contribution in [3.05, 3.63) is 35.4 Å². The fourth-order valence-electron chi connectivity index (χ4n) is 2.58. The zero-order valence-electron chi connectivity index (χ0n) is 10.3. The van der Waals surface area contributed by atoms with Crippen LogP contribution in [0, 0.1) is 17.6 Å². The van der Waals surface area contributed by atoms with Crippen LogP contribution in [0.5, 0.6) is 0 Å². The summed E-state index contributed by atoms with van der Waals surface area (Å²) in [6, 6.07) is 3.69. The second-order valence-corrected chi connectivity index (χ2v) is 6.36. The van der Waals surface area contributed by atoms with E-state index in [1.165, 1.54) is 6.07 Å². The van der Waals surface area contributed by atoms with Crippen LogP contribution < -0.4 is 0 Å². The molecule has 1 aromatic carbocycles. The molecule has 0 spiro atoms. The van der Waals surface area contributed by atoms with Crippen molar-refractivity contribution in [2.24, 2.45) is 5.92 Å². The van der Waals surface area contributed by atoms with E-state index in [0.29, 0.717) is 18.4 Å². The summed E-state index contributed by atoms with van der Waals surface area (Å²) in [4.78, 5) is -0.136. The van der Waals surface area contributed by atoms with Gasteiger partial charge in [-0.1, -0.05) is 22.0 Å². The first-order chi connectivity index (χ1) is 8.87. The van der Waals surface area contributed by atoms with E-state index in [0.717, 1.165) is 18.6 Å². The molecule has 1 aliphatic carbocycles. The molecule has 0 radical (unpaired) electrons. The minimum Gasteiger partial charge on any atom is -0.207 e. The molecule has 0 saturated heterocycles. The summed E-state index contributed by atoms with van der Waals surface area (Å²) in [6.07, 6.45) is 1.51. The number of rotatable bonds is 3. The van der Waals surface area contributed by atoms with Crippen LogP contribution in [-0.4, -0.2) is 10.7 Å². The van der Waals surface area contributed by atoms with Crippen molar-refractivity contribution in [2.45, 2.75) is 42.9 Å². The molecule has 5 heteroatoms. The average Bonchev–Trinajstić information content (AvgIpc) is 2.32. The molecule has 0 amide bonds. The quantitative estimate of drug-likeness (QED) is 0.531. The molecule has 1 aromatic rings. The Hall–Kier alpha value is -0.580. The third kappa shape index (κ3) is 3.94. The van der Waals surface area contributed by atoms with E-state index in [2.05, 4.69) is 15.9 Å². The minimum atomic E-state index is -2.59. The van der Waals surface area contributed by atoms with Gasteiger partial charge in [0.2, 0.25) is 5.92 Å². The van der Waals surface area contributed by atoms with Gasteiger partial charge >= 0.3 is 0 Å². The molecule has 106 valence electrons. The maximum Gasteiger partial charge on any atom is 0.248 e. The Bertz CT molecular complexity index is 447. The first kappa shape index (κ1) is 14.8. The SMILES string of the molecule is Fc1ccc(CC(Br)C2CCCC(F)(F)C2)cc1F. The van der Waals surface area contributed by atoms with E-state index in [4.69, 9.17) is 0 Å². The Morgan fingerprint density at radius 2 is 2.00 bits per heavy atom. The van der Waals surface area contributed by atoms with Crippen molar-refractivity contribution in [1.29, 1.82) is 0 Å². The van der Waals surface area contributed by atoms with Crippen LogP contribution in [0.4, 0.5) is 17.6 Å². The molecule has 0 N–H and O–H groups in total. The summed E-state index contributed by atoms with van der Waals surface area (Å²) in [5.74, 6) is -4.51. The molecule has 1 saturated carbocycles. The third-order valence-corrected chi connectivity index (χ3v) is 4.68. The number of benzene rings is 1. The molecular formula is C14H15BrF4. The monoisotopic (exact) mass is 338 g/mol. The van der Waals surface area contributed by atoms with E-state index in [1.54, 1.807) is 0 Å². The van der Waals surface area contributed by atoms with Crippen molar-refractivity contribution in [3.63, 3.8) is 0 Å². The molecule has 0 bridgehead atoms. The summed E-state index contributed by atoms with van der Waals surface area (Å²) >= 11 is 3.42. The zero-order valence-corrected chi connectivity index (χ0v) is 11.9. The molecule has 1 fully saturated rings. The summed E-state index contributed by atoms with van der Waals surface area (Å²) in [5, 5.41) is 0. The molecule has 0 heterocycles. The van der Waals surface area contributed by atoms with Gasteiger partial charge in [-0.15, -0.1) is 0 Å². The van der Waals surface area contributed by atoms with Crippen molar-refractivity contribution >= 4 is 15.9 Å². The smallest absolute Gasteiger partial charge is 0.207 e. The molecule has 2 rings (SSSR count). The van der Waals surface area contributed by atoms with Gasteiger partial charge in [0.1, 0.15) is 0 Å². The van der Waals surface area contributed by atoms with E-state index in [-0.39, 0.29) is 23.6 Å². The average molecular weight is 339 g/mol. The lowest BCUT2D eigenvalue weighted by Gasteiger charge is -2.32. The highest BCUT2D eigenvalue weighted by molar-refractivity contribution is 9.09. The number of hydrogen-bond donors (Lipinski definition) is 0. The predicted octanol–water partition coefficient (Wildman–Crippen LogP) is 5.10. The number of hydrogen-bond acceptors (Lipinski definition) is 0. The Kier molecular flexibility index (Phi) is 4.54. The number of alkyl halides is 3. The summed E-state index contributed by atoms with van der Waals surface area (Å²) < 4.78 is 52.6. The second-order valence-electron chi connectivity index (χ2n) is 5.18. The fourth-order valence-corrected chi connectivity index (χ4v) is 3.40. The number of halogens is 5. The predicted molar refractivity (Wildman–Crippen MR) is 69.7 cm³/mol. The van der Waals surface area contributed by atoms with Gasteiger partial charge in [-0.25, -0.2) is 17.6 Å². The normalized spacial score (nSPS) is 24.2. The standard InChI is InChI=1S/C14H15BrF4/c15-11(10-2-1-5-14(18,19)8-10)6-9-3-4-12(16)13(17)7-9/h3-4,7,10-11H,1-2,5-6,8H2. The largest absolute Gasteiger partial charge is 0.248 e. The molecule has 2 atom stereocenters. The highest BCUT2D eigenvalue weighted by atomic mass is 79.9. The lowest BCUT2D eigenvalue weighted by molar-refractivity contribution is -0.0522. The molecule has 2 unspecified atom stereocenters. The van der Waals surface area contributed by atoms with Crippen LogP contribution in [0.1, 0.15) is 31.2 Å². The van der Waals surface area contributed by atoms with Gasteiger partial charge in [0.25, 0.3) is 0 Å². The van der Waals surface area contributed by atoms with Gasteiger partial charge in [-0.3, -0.25) is 0 Å². The van der Waals surface area contributed by atoms with Gasteiger partial charge in [0.15, 0.2) is 11.6 Å². The lowest BCUT2D eigenvalue weighted by Crippen LogP contribution is -2.31. The molecule has 0 nitrogen and oxygen atoms in total. The van der Waals surface area contributed by atoms with Crippen LogP contribution in [0.3, 0.4) is 0 Å². The second kappa shape index (κ2) is 5.81. The van der Waals surface area contributed by atoms with Gasteiger partial charge in [-0.05, 0) is 42.9 Å². The highest BCUT2D eigenvalue weighted by Gasteiger charge is 2.38. The maximum absolute atomic E-state index is 13.3. The van der Waals surface area contributed by atoms with E-state index >= 15 is 0 Å². The Balaban J connectivity index is 2.00. The minimum absolute atomic E-state index is 0.0472. The fraction of sp³-hybridized carbons (Fsp3) is 0.571. The van der Waals surface area contributed by atoms with Crippen molar-refractivity contribution < 1.29 is 17.6 Å². The van der Waals surface area contributed by atoms with Crippen molar-refractivity contribution in [2.75, 3.05) is 0 Å². The molecule has 19 heavy (non-hydrogen) atoms. The molecular weight excluding hydrogens is 324 g/mol. The van der Waals surface area contributed by atoms with Crippen molar-refractivity contribution in [1.82, 2.24) is 0 Å². The molecule has 1 aliphatic rings. The summed E-state index contributed by atoms with van der Waals surface area (Å²) in [6.45, 7) is 0. The van der Waals surface area contributed by atoms with Gasteiger partial charge in [0, 0.05) is 17.7 Å². The topological polar surface area (TPSA) is 0 Å². The maximum atomic E-state index is 13.3. The Morgan fingerprint density at radius 3 is 2.63 bits per heavy atom. The molecule has 0 aromatic heterocycles. The van der Waals surface area contributed by atoms with E-state index in [1.807, 2.05) is 0 Å². The van der Waals surface area contributed by atoms with Gasteiger partial charge in [0.05, 0.1) is 0 Å². The molecule has 0 aliphatic heterocycles. The Morgan fingerprint density at radius 1 is 1.26 bits per heavy atom. The van der Waals surface area contributed by atoms with Gasteiger partial charge < -0.3 is 0 Å². The van der Waals surface area contributed by atoms with Crippen LogP contribution >= 0.6 is 15.9 Å². The first-order valence-electron chi connectivity index (χ1n) is 6.33. The third-order valence-electron chi connectivity index (χ3n) is 3.60. The zero-order chi connectivity index (χ0) is 14.0. The first-order valence-corrected chi connectivity index (χ1v) is 7.25. The Labute approximate surface area is 118 Å². The van der Waals surface area contributed by atoms with Crippen LogP contribution in [0.25, 0.3) is 0 Å². The van der Waals surface area contributed by atoms with Crippen molar-refractivity contribution in [3.8, 4) is 0 Å². The lowest BCUT2D eigenvalue weighted by atomic mass is 9.83. The van der Waals surface area contributed by atoms with Crippen LogP contribution in [0.2, 0.25) is 0 Å². The van der Waals surface area contributed by atoms with E-state index < -0.39 is 17.6 Å². The van der Waals surface area contributed by atoms with Crippen LogP contribution in [-0.2, 0) is 6.42 Å². The van der Waals surface area contributed by atoms with E-state index in [9.17, 15) is 17.6 Å².